The number of carbonyl (C=O) groups is 2. The second kappa shape index (κ2) is 7.67. The molecule has 0 aromatic heterocycles. The summed E-state index contributed by atoms with van der Waals surface area (Å²) in [4.78, 5) is 25.1. The molecule has 4 nitrogen and oxygen atoms in total. The zero-order valence-electron chi connectivity index (χ0n) is 11.3. The van der Waals surface area contributed by atoms with Crippen LogP contribution in [0.15, 0.2) is 0 Å². The molecule has 2 amide bonds. The largest absolute Gasteiger partial charge is 0.344 e. The van der Waals surface area contributed by atoms with Gasteiger partial charge in [0.15, 0.2) is 0 Å². The second-order valence-electron chi connectivity index (χ2n) is 4.99. The number of nitrogens with zero attached hydrogens (tertiary/aromatic N) is 1. The minimum atomic E-state index is -0.478. The molecule has 0 radical (unpaired) electrons. The Bertz CT molecular complexity index is 289. The van der Waals surface area contributed by atoms with E-state index in [0.29, 0.717) is 5.75 Å². The molecule has 0 bridgehead atoms. The number of likely N-dealkylation sites (tertiary alicyclic amines) is 1. The Morgan fingerprint density at radius 1 is 1.39 bits per heavy atom. The van der Waals surface area contributed by atoms with Gasteiger partial charge < -0.3 is 10.2 Å². The fraction of sp³-hybridized carbons (Fsp3) is 0.846. The van der Waals surface area contributed by atoms with Gasteiger partial charge in [-0.25, -0.2) is 0 Å². The topological polar surface area (TPSA) is 49.4 Å². The van der Waals surface area contributed by atoms with Gasteiger partial charge in [-0.3, -0.25) is 9.59 Å². The summed E-state index contributed by atoms with van der Waals surface area (Å²) in [5.41, 5.74) is 0. The van der Waals surface area contributed by atoms with Crippen molar-refractivity contribution in [3.8, 4) is 0 Å². The summed E-state index contributed by atoms with van der Waals surface area (Å²) < 4.78 is 0. The highest BCUT2D eigenvalue weighted by molar-refractivity contribution is 7.80. The van der Waals surface area contributed by atoms with Crippen molar-refractivity contribution in [1.82, 2.24) is 10.2 Å². The van der Waals surface area contributed by atoms with Gasteiger partial charge in [-0.1, -0.05) is 19.8 Å². The summed E-state index contributed by atoms with van der Waals surface area (Å²) in [5.74, 6) is 0.945. The minimum Gasteiger partial charge on any atom is -0.344 e. The van der Waals surface area contributed by atoms with Crippen molar-refractivity contribution in [3.63, 3.8) is 0 Å². The van der Waals surface area contributed by atoms with Crippen molar-refractivity contribution in [2.45, 2.75) is 45.6 Å². The number of carbonyl (C=O) groups excluding carboxylic acids is 2. The summed E-state index contributed by atoms with van der Waals surface area (Å²) in [5, 5.41) is 2.66. The van der Waals surface area contributed by atoms with Crippen LogP contribution in [0.1, 0.15) is 39.5 Å². The SMILES string of the molecule is CCCC1CCN(C(=O)C(CS)NC(C)=O)CC1. The van der Waals surface area contributed by atoms with Crippen LogP contribution in [0.2, 0.25) is 0 Å². The standard InChI is InChI=1S/C13H24N2O2S/c1-3-4-11-5-7-15(8-6-11)13(17)12(9-18)14-10(2)16/h11-12,18H,3-9H2,1-2H3,(H,14,16). The third kappa shape index (κ3) is 4.52. The molecule has 18 heavy (non-hydrogen) atoms. The highest BCUT2D eigenvalue weighted by Crippen LogP contribution is 2.22. The second-order valence-corrected chi connectivity index (χ2v) is 5.36. The Kier molecular flexibility index (Phi) is 6.54. The van der Waals surface area contributed by atoms with Crippen LogP contribution in [0.4, 0.5) is 0 Å². The first-order valence-electron chi connectivity index (χ1n) is 6.75. The van der Waals surface area contributed by atoms with Gasteiger partial charge in [0.1, 0.15) is 6.04 Å². The Labute approximate surface area is 115 Å². The van der Waals surface area contributed by atoms with Gasteiger partial charge in [0.2, 0.25) is 11.8 Å². The van der Waals surface area contributed by atoms with Crippen LogP contribution in [0.5, 0.6) is 0 Å². The van der Waals surface area contributed by atoms with Gasteiger partial charge in [-0.15, -0.1) is 0 Å². The van der Waals surface area contributed by atoms with Gasteiger partial charge in [0.05, 0.1) is 0 Å². The number of piperidine rings is 1. The van der Waals surface area contributed by atoms with Gasteiger partial charge in [0.25, 0.3) is 0 Å². The predicted octanol–water partition coefficient (Wildman–Crippen LogP) is 1.46. The first-order chi connectivity index (χ1) is 8.58. The van der Waals surface area contributed by atoms with E-state index in [4.69, 9.17) is 0 Å². The normalized spacial score (nSPS) is 18.5. The van der Waals surface area contributed by atoms with E-state index in [1.54, 1.807) is 0 Å². The summed E-state index contributed by atoms with van der Waals surface area (Å²) in [6.45, 7) is 5.25. The lowest BCUT2D eigenvalue weighted by Crippen LogP contribution is -2.51. The number of thiol groups is 1. The summed E-state index contributed by atoms with van der Waals surface area (Å²) in [6, 6.07) is -0.478. The Morgan fingerprint density at radius 3 is 2.44 bits per heavy atom. The van der Waals surface area contributed by atoms with Crippen LogP contribution in [0.25, 0.3) is 0 Å². The van der Waals surface area contributed by atoms with E-state index in [9.17, 15) is 9.59 Å². The maximum Gasteiger partial charge on any atom is 0.245 e. The molecule has 1 rings (SSSR count). The maximum absolute atomic E-state index is 12.2. The van der Waals surface area contributed by atoms with Crippen molar-refractivity contribution in [3.05, 3.63) is 0 Å². The van der Waals surface area contributed by atoms with Crippen LogP contribution in [0.3, 0.4) is 0 Å². The van der Waals surface area contributed by atoms with E-state index in [2.05, 4.69) is 24.9 Å². The lowest BCUT2D eigenvalue weighted by molar-refractivity contribution is -0.136. The van der Waals surface area contributed by atoms with Gasteiger partial charge in [0, 0.05) is 25.8 Å². The molecule has 0 aromatic rings. The lowest BCUT2D eigenvalue weighted by atomic mass is 9.92. The molecular formula is C13H24N2O2S. The van der Waals surface area contributed by atoms with Crippen LogP contribution >= 0.6 is 12.6 Å². The van der Waals surface area contributed by atoms with Crippen LogP contribution in [0, 0.1) is 5.92 Å². The molecule has 0 aromatic carbocycles. The lowest BCUT2D eigenvalue weighted by Gasteiger charge is -2.34. The van der Waals surface area contributed by atoms with Crippen molar-refractivity contribution in [2.75, 3.05) is 18.8 Å². The van der Waals surface area contributed by atoms with Crippen LogP contribution < -0.4 is 5.32 Å². The average molecular weight is 272 g/mol. The number of amides is 2. The summed E-state index contributed by atoms with van der Waals surface area (Å²) in [7, 11) is 0. The fourth-order valence-corrected chi connectivity index (χ4v) is 2.75. The molecule has 1 unspecified atom stereocenters. The third-order valence-electron chi connectivity index (χ3n) is 3.48. The molecule has 1 aliphatic rings. The number of nitrogens with one attached hydrogen (secondary N) is 1. The molecule has 0 saturated carbocycles. The quantitative estimate of drug-likeness (QED) is 0.744. The van der Waals surface area contributed by atoms with E-state index in [0.717, 1.165) is 31.8 Å². The zero-order chi connectivity index (χ0) is 13.5. The Hall–Kier alpha value is -0.710. The molecule has 0 spiro atoms. The van der Waals surface area contributed by atoms with E-state index in [-0.39, 0.29) is 11.8 Å². The minimum absolute atomic E-state index is 0.00940. The highest BCUT2D eigenvalue weighted by atomic mass is 32.1. The summed E-state index contributed by atoms with van der Waals surface area (Å²) >= 11 is 4.14. The first-order valence-corrected chi connectivity index (χ1v) is 7.38. The predicted molar refractivity (Wildman–Crippen MR) is 75.7 cm³/mol. The Morgan fingerprint density at radius 2 is 2.00 bits per heavy atom. The maximum atomic E-state index is 12.2. The van der Waals surface area contributed by atoms with Gasteiger partial charge in [-0.05, 0) is 18.8 Å². The number of hydrogen-bond donors (Lipinski definition) is 2. The smallest absolute Gasteiger partial charge is 0.245 e. The molecular weight excluding hydrogens is 248 g/mol. The molecule has 1 N–H and O–H groups in total. The molecule has 5 heteroatoms. The number of rotatable bonds is 5. The van der Waals surface area contributed by atoms with E-state index < -0.39 is 6.04 Å². The van der Waals surface area contributed by atoms with Gasteiger partial charge >= 0.3 is 0 Å². The third-order valence-corrected chi connectivity index (χ3v) is 3.85. The van der Waals surface area contributed by atoms with Crippen LogP contribution in [-0.2, 0) is 9.59 Å². The zero-order valence-corrected chi connectivity index (χ0v) is 12.2. The Balaban J connectivity index is 2.45. The van der Waals surface area contributed by atoms with Crippen molar-refractivity contribution in [2.24, 2.45) is 5.92 Å². The summed E-state index contributed by atoms with van der Waals surface area (Å²) in [6.07, 6.45) is 4.63. The molecule has 1 heterocycles. The monoisotopic (exact) mass is 272 g/mol. The van der Waals surface area contributed by atoms with Gasteiger partial charge in [-0.2, -0.15) is 12.6 Å². The first kappa shape index (κ1) is 15.3. The number of hydrogen-bond acceptors (Lipinski definition) is 3. The van der Waals surface area contributed by atoms with E-state index in [1.807, 2.05) is 4.90 Å². The fourth-order valence-electron chi connectivity index (χ4n) is 2.50. The molecule has 1 atom stereocenters. The van der Waals surface area contributed by atoms with E-state index >= 15 is 0 Å². The molecule has 1 fully saturated rings. The molecule has 104 valence electrons. The van der Waals surface area contributed by atoms with Crippen molar-refractivity contribution < 1.29 is 9.59 Å². The van der Waals surface area contributed by atoms with Crippen LogP contribution in [-0.4, -0.2) is 41.6 Å². The molecule has 1 aliphatic heterocycles. The molecule has 0 aliphatic carbocycles. The van der Waals surface area contributed by atoms with Crippen molar-refractivity contribution in [1.29, 1.82) is 0 Å². The molecule has 1 saturated heterocycles. The average Bonchev–Trinajstić information content (AvgIpc) is 2.36. The van der Waals surface area contributed by atoms with E-state index in [1.165, 1.54) is 19.8 Å². The highest BCUT2D eigenvalue weighted by Gasteiger charge is 2.27. The van der Waals surface area contributed by atoms with Crippen molar-refractivity contribution >= 4 is 24.4 Å².